The Morgan fingerprint density at radius 3 is 3.10 bits per heavy atom. The molecule has 0 N–H and O–H groups in total. The summed E-state index contributed by atoms with van der Waals surface area (Å²) < 4.78 is 6.61. The lowest BCUT2D eigenvalue weighted by atomic mass is 10.3. The smallest absolute Gasteiger partial charge is 0.306 e. The van der Waals surface area contributed by atoms with E-state index in [2.05, 4.69) is 15.2 Å². The molecule has 3 heterocycles. The lowest BCUT2D eigenvalue weighted by Gasteiger charge is -1.95. The van der Waals surface area contributed by atoms with Gasteiger partial charge in [0.1, 0.15) is 12.4 Å². The zero-order valence-electron chi connectivity index (χ0n) is 10.2. The number of aromatic nitrogens is 4. The van der Waals surface area contributed by atoms with Crippen LogP contribution in [0.2, 0.25) is 0 Å². The predicted octanol–water partition coefficient (Wildman–Crippen LogP) is 2.15. The molecule has 8 nitrogen and oxygen atoms in total. The fourth-order valence-corrected chi connectivity index (χ4v) is 2.28. The lowest BCUT2D eigenvalue weighted by Crippen LogP contribution is -2.01. The summed E-state index contributed by atoms with van der Waals surface area (Å²) in [6.45, 7) is 0.444. The van der Waals surface area contributed by atoms with Gasteiger partial charge >= 0.3 is 5.69 Å². The molecule has 9 heteroatoms. The third-order valence-corrected chi connectivity index (χ3v) is 3.32. The largest absolute Gasteiger partial charge is 0.339 e. The van der Waals surface area contributed by atoms with Crippen LogP contribution in [-0.2, 0) is 13.0 Å². The van der Waals surface area contributed by atoms with Crippen LogP contribution in [0.25, 0.3) is 11.4 Å². The van der Waals surface area contributed by atoms with Gasteiger partial charge in [0.15, 0.2) is 0 Å². The highest BCUT2D eigenvalue weighted by atomic mass is 32.1. The molecule has 3 aromatic rings. The van der Waals surface area contributed by atoms with Crippen LogP contribution in [0.4, 0.5) is 5.69 Å². The fourth-order valence-electron chi connectivity index (χ4n) is 1.64. The number of hydrogen-bond donors (Lipinski definition) is 0. The van der Waals surface area contributed by atoms with Crippen molar-refractivity contribution in [3.63, 3.8) is 0 Å². The first kappa shape index (κ1) is 12.5. The number of rotatable bonds is 5. The van der Waals surface area contributed by atoms with Gasteiger partial charge in [-0.05, 0) is 11.4 Å². The third kappa shape index (κ3) is 2.57. The van der Waals surface area contributed by atoms with Gasteiger partial charge < -0.3 is 4.52 Å². The van der Waals surface area contributed by atoms with Crippen LogP contribution >= 0.6 is 11.3 Å². The number of hydrogen-bond acceptors (Lipinski definition) is 7. The summed E-state index contributed by atoms with van der Waals surface area (Å²) in [5, 5.41) is 22.2. The molecule has 0 aliphatic heterocycles. The maximum absolute atomic E-state index is 10.5. The van der Waals surface area contributed by atoms with Gasteiger partial charge in [-0.25, -0.2) is 0 Å². The van der Waals surface area contributed by atoms with Crippen LogP contribution < -0.4 is 0 Å². The minimum atomic E-state index is -0.481. The van der Waals surface area contributed by atoms with Crippen molar-refractivity contribution in [3.8, 4) is 11.4 Å². The Labute approximate surface area is 116 Å². The molecular weight excluding hydrogens is 282 g/mol. The van der Waals surface area contributed by atoms with Gasteiger partial charge in [-0.3, -0.25) is 14.8 Å². The fraction of sp³-hybridized carbons (Fsp3) is 0.182. The molecule has 0 bridgehead atoms. The third-order valence-electron chi connectivity index (χ3n) is 2.63. The molecule has 0 radical (unpaired) electrons. The first-order chi connectivity index (χ1) is 9.72. The van der Waals surface area contributed by atoms with Crippen molar-refractivity contribution in [1.82, 2.24) is 19.9 Å². The van der Waals surface area contributed by atoms with Gasteiger partial charge in [-0.1, -0.05) is 5.16 Å². The second kappa shape index (κ2) is 5.21. The van der Waals surface area contributed by atoms with E-state index in [-0.39, 0.29) is 5.69 Å². The summed E-state index contributed by atoms with van der Waals surface area (Å²) in [7, 11) is 0. The molecular formula is C11H9N5O3S. The van der Waals surface area contributed by atoms with Gasteiger partial charge in [0.2, 0.25) is 11.7 Å². The van der Waals surface area contributed by atoms with E-state index in [9.17, 15) is 10.1 Å². The van der Waals surface area contributed by atoms with E-state index in [1.54, 1.807) is 11.3 Å². The second-order valence-electron chi connectivity index (χ2n) is 3.99. The SMILES string of the molecule is O=[N+]([O-])c1cnn(CCc2nc(-c3ccsc3)no2)c1. The van der Waals surface area contributed by atoms with Crippen molar-refractivity contribution in [2.45, 2.75) is 13.0 Å². The number of nitro groups is 1. The Morgan fingerprint density at radius 2 is 2.40 bits per heavy atom. The van der Waals surface area contributed by atoms with Crippen molar-refractivity contribution in [2.75, 3.05) is 0 Å². The molecule has 0 amide bonds. The monoisotopic (exact) mass is 291 g/mol. The van der Waals surface area contributed by atoms with E-state index in [4.69, 9.17) is 4.52 Å². The van der Waals surface area contributed by atoms with Crippen LogP contribution in [0.3, 0.4) is 0 Å². The van der Waals surface area contributed by atoms with Gasteiger partial charge in [-0.2, -0.15) is 21.4 Å². The predicted molar refractivity (Wildman–Crippen MR) is 70.2 cm³/mol. The molecule has 0 spiro atoms. The highest BCUT2D eigenvalue weighted by Gasteiger charge is 2.11. The zero-order valence-corrected chi connectivity index (χ0v) is 11.0. The summed E-state index contributed by atoms with van der Waals surface area (Å²) in [5.74, 6) is 1.03. The Balaban J connectivity index is 1.65. The molecule has 0 aliphatic carbocycles. The molecule has 102 valence electrons. The van der Waals surface area contributed by atoms with E-state index >= 15 is 0 Å². The van der Waals surface area contributed by atoms with Gasteiger partial charge in [0, 0.05) is 23.9 Å². The van der Waals surface area contributed by atoms with Crippen LogP contribution in [0.1, 0.15) is 5.89 Å². The van der Waals surface area contributed by atoms with Gasteiger partial charge in [0.25, 0.3) is 0 Å². The maximum atomic E-state index is 10.5. The van der Waals surface area contributed by atoms with E-state index < -0.39 is 4.92 Å². The van der Waals surface area contributed by atoms with E-state index in [0.29, 0.717) is 24.7 Å². The van der Waals surface area contributed by atoms with Crippen LogP contribution in [0, 0.1) is 10.1 Å². The van der Waals surface area contributed by atoms with E-state index in [0.717, 1.165) is 5.56 Å². The molecule has 3 rings (SSSR count). The van der Waals surface area contributed by atoms with Crippen molar-refractivity contribution in [1.29, 1.82) is 0 Å². The summed E-state index contributed by atoms with van der Waals surface area (Å²) >= 11 is 1.56. The van der Waals surface area contributed by atoms with Crippen molar-refractivity contribution in [3.05, 3.63) is 45.2 Å². The van der Waals surface area contributed by atoms with E-state index in [1.807, 2.05) is 16.8 Å². The minimum Gasteiger partial charge on any atom is -0.339 e. The first-order valence-electron chi connectivity index (χ1n) is 5.74. The zero-order chi connectivity index (χ0) is 13.9. The quantitative estimate of drug-likeness (QED) is 0.527. The number of nitrogens with zero attached hydrogens (tertiary/aromatic N) is 5. The van der Waals surface area contributed by atoms with Gasteiger partial charge in [0.05, 0.1) is 4.92 Å². The molecule has 20 heavy (non-hydrogen) atoms. The Hall–Kier alpha value is -2.55. The maximum Gasteiger partial charge on any atom is 0.306 e. The van der Waals surface area contributed by atoms with Crippen LogP contribution in [0.5, 0.6) is 0 Å². The Bertz CT molecular complexity index is 718. The van der Waals surface area contributed by atoms with Crippen LogP contribution in [0.15, 0.2) is 33.7 Å². The minimum absolute atomic E-state index is 0.0329. The molecule has 0 aromatic carbocycles. The van der Waals surface area contributed by atoms with Crippen molar-refractivity contribution >= 4 is 17.0 Å². The molecule has 0 saturated heterocycles. The number of thiophene rings is 1. The highest BCUT2D eigenvalue weighted by Crippen LogP contribution is 2.18. The topological polar surface area (TPSA) is 99.9 Å². The van der Waals surface area contributed by atoms with Crippen molar-refractivity contribution < 1.29 is 9.45 Å². The Kier molecular flexibility index (Phi) is 3.25. The van der Waals surface area contributed by atoms with Crippen molar-refractivity contribution in [2.24, 2.45) is 0 Å². The summed E-state index contributed by atoms with van der Waals surface area (Å²) in [6, 6.07) is 1.91. The highest BCUT2D eigenvalue weighted by molar-refractivity contribution is 7.08. The average Bonchev–Trinajstić information content (AvgIpc) is 3.17. The summed E-state index contributed by atoms with van der Waals surface area (Å²) in [5.41, 5.74) is 0.884. The van der Waals surface area contributed by atoms with Crippen LogP contribution in [-0.4, -0.2) is 24.8 Å². The van der Waals surface area contributed by atoms with Gasteiger partial charge in [-0.15, -0.1) is 0 Å². The summed E-state index contributed by atoms with van der Waals surface area (Å²) in [6.07, 6.45) is 3.05. The average molecular weight is 291 g/mol. The lowest BCUT2D eigenvalue weighted by molar-refractivity contribution is -0.385. The molecule has 0 saturated carbocycles. The Morgan fingerprint density at radius 1 is 1.50 bits per heavy atom. The second-order valence-corrected chi connectivity index (χ2v) is 4.77. The molecule has 0 atom stereocenters. The van der Waals surface area contributed by atoms with E-state index in [1.165, 1.54) is 17.1 Å². The molecule has 0 aliphatic rings. The normalized spacial score (nSPS) is 10.8. The first-order valence-corrected chi connectivity index (χ1v) is 6.68. The summed E-state index contributed by atoms with van der Waals surface area (Å²) in [4.78, 5) is 14.3. The number of aryl methyl sites for hydroxylation is 2. The standard InChI is InChI=1S/C11H9N5O3S/c17-16(18)9-5-12-15(6-9)3-1-10-13-11(14-19-10)8-2-4-20-7-8/h2,4-7H,1,3H2. The molecule has 0 fully saturated rings. The molecule has 0 unspecified atom stereocenters. The molecule has 3 aromatic heterocycles.